The highest BCUT2D eigenvalue weighted by Crippen LogP contribution is 2.25. The second-order valence-corrected chi connectivity index (χ2v) is 7.48. The summed E-state index contributed by atoms with van der Waals surface area (Å²) >= 11 is 8.52. The fraction of sp³-hybridized carbons (Fsp3) is 0.385. The molecule has 118 valence electrons. The van der Waals surface area contributed by atoms with E-state index in [1.165, 1.54) is 29.3 Å². The molecule has 6 nitrogen and oxygen atoms in total. The van der Waals surface area contributed by atoms with Crippen molar-refractivity contribution in [1.29, 1.82) is 0 Å². The Morgan fingerprint density at radius 3 is 2.91 bits per heavy atom. The van der Waals surface area contributed by atoms with Gasteiger partial charge in [0.15, 0.2) is 4.34 Å². The lowest BCUT2D eigenvalue weighted by Crippen LogP contribution is -2.14. The van der Waals surface area contributed by atoms with Gasteiger partial charge in [0.2, 0.25) is 11.0 Å². The Balaban J connectivity index is 1.77. The van der Waals surface area contributed by atoms with E-state index in [2.05, 4.69) is 39.7 Å². The molecule has 0 saturated heterocycles. The molecule has 0 unspecified atom stereocenters. The average Bonchev–Trinajstić information content (AvgIpc) is 2.93. The molecule has 0 aliphatic rings. The van der Waals surface area contributed by atoms with Crippen LogP contribution in [-0.4, -0.2) is 33.4 Å². The molecule has 0 radical (unpaired) electrons. The standard InChI is InChI=1S/C13H16ClN5OS2/c1-8(2)5-16-12-18-19-13(22-12)21-7-11(20)17-10-4-3-9(14)6-15-10/h3-4,6,8H,5,7H2,1-2H3,(H,16,18)(H,15,17,20). The van der Waals surface area contributed by atoms with E-state index in [1.54, 1.807) is 12.1 Å². The molecule has 2 rings (SSSR count). The Labute approximate surface area is 142 Å². The van der Waals surface area contributed by atoms with Gasteiger partial charge in [-0.1, -0.05) is 48.5 Å². The zero-order valence-electron chi connectivity index (χ0n) is 12.2. The predicted molar refractivity (Wildman–Crippen MR) is 91.8 cm³/mol. The largest absolute Gasteiger partial charge is 0.360 e. The lowest BCUT2D eigenvalue weighted by Gasteiger charge is -2.03. The zero-order chi connectivity index (χ0) is 15.9. The number of thioether (sulfide) groups is 1. The van der Waals surface area contributed by atoms with Crippen LogP contribution in [0.25, 0.3) is 0 Å². The molecule has 1 amide bonds. The molecule has 9 heteroatoms. The molecule has 0 fully saturated rings. The molecule has 22 heavy (non-hydrogen) atoms. The van der Waals surface area contributed by atoms with Crippen LogP contribution in [0.15, 0.2) is 22.7 Å². The Kier molecular flexibility index (Phi) is 6.41. The van der Waals surface area contributed by atoms with Crippen molar-refractivity contribution < 1.29 is 4.79 Å². The molecule has 0 atom stereocenters. The van der Waals surface area contributed by atoms with Gasteiger partial charge in [-0.25, -0.2) is 4.98 Å². The van der Waals surface area contributed by atoms with E-state index in [1.807, 2.05) is 0 Å². The quantitative estimate of drug-likeness (QED) is 0.739. The van der Waals surface area contributed by atoms with E-state index >= 15 is 0 Å². The van der Waals surface area contributed by atoms with Gasteiger partial charge in [0.05, 0.1) is 10.8 Å². The number of pyridine rings is 1. The molecule has 0 bridgehead atoms. The number of amides is 1. The third kappa shape index (κ3) is 5.78. The Morgan fingerprint density at radius 1 is 1.41 bits per heavy atom. The van der Waals surface area contributed by atoms with E-state index in [-0.39, 0.29) is 11.7 Å². The number of rotatable bonds is 7. The number of hydrogen-bond donors (Lipinski definition) is 2. The Morgan fingerprint density at radius 2 is 2.23 bits per heavy atom. The van der Waals surface area contributed by atoms with E-state index < -0.39 is 0 Å². The predicted octanol–water partition coefficient (Wildman–Crippen LogP) is 3.39. The average molecular weight is 358 g/mol. The fourth-order valence-electron chi connectivity index (χ4n) is 1.39. The maximum absolute atomic E-state index is 11.8. The van der Waals surface area contributed by atoms with Crippen LogP contribution in [0.1, 0.15) is 13.8 Å². The summed E-state index contributed by atoms with van der Waals surface area (Å²) in [7, 11) is 0. The number of anilines is 2. The summed E-state index contributed by atoms with van der Waals surface area (Å²) < 4.78 is 0.755. The van der Waals surface area contributed by atoms with Gasteiger partial charge < -0.3 is 10.6 Å². The van der Waals surface area contributed by atoms with Crippen molar-refractivity contribution in [2.75, 3.05) is 22.9 Å². The van der Waals surface area contributed by atoms with Crippen molar-refractivity contribution in [3.63, 3.8) is 0 Å². The SMILES string of the molecule is CC(C)CNc1nnc(SCC(=O)Nc2ccc(Cl)cn2)s1. The number of halogens is 1. The summed E-state index contributed by atoms with van der Waals surface area (Å²) in [6, 6.07) is 3.33. The molecule has 2 aromatic rings. The van der Waals surface area contributed by atoms with Crippen LogP contribution < -0.4 is 10.6 Å². The number of aromatic nitrogens is 3. The normalized spacial score (nSPS) is 10.7. The first-order valence-electron chi connectivity index (χ1n) is 6.64. The van der Waals surface area contributed by atoms with Crippen LogP contribution in [-0.2, 0) is 4.79 Å². The molecule has 2 heterocycles. The molecule has 0 aliphatic carbocycles. The minimum atomic E-state index is -0.147. The number of hydrogen-bond acceptors (Lipinski definition) is 7. The van der Waals surface area contributed by atoms with E-state index in [4.69, 9.17) is 11.6 Å². The van der Waals surface area contributed by atoms with Crippen LogP contribution in [0.2, 0.25) is 5.02 Å². The summed E-state index contributed by atoms with van der Waals surface area (Å²) in [6.07, 6.45) is 1.49. The van der Waals surface area contributed by atoms with Crippen molar-refractivity contribution in [2.45, 2.75) is 18.2 Å². The van der Waals surface area contributed by atoms with Crippen LogP contribution in [0.4, 0.5) is 10.9 Å². The Bertz CT molecular complexity index is 617. The lowest BCUT2D eigenvalue weighted by molar-refractivity contribution is -0.113. The van der Waals surface area contributed by atoms with Crippen molar-refractivity contribution in [3.8, 4) is 0 Å². The topological polar surface area (TPSA) is 79.8 Å². The zero-order valence-corrected chi connectivity index (χ0v) is 14.6. The number of carbonyl (C=O) groups is 1. The summed E-state index contributed by atoms with van der Waals surface area (Å²) in [5, 5.41) is 15.3. The summed E-state index contributed by atoms with van der Waals surface area (Å²) in [6.45, 7) is 5.10. The number of carbonyl (C=O) groups excluding carboxylic acids is 1. The summed E-state index contributed by atoms with van der Waals surface area (Å²) in [5.41, 5.74) is 0. The second kappa shape index (κ2) is 8.30. The summed E-state index contributed by atoms with van der Waals surface area (Å²) in [4.78, 5) is 15.8. The molecule has 0 spiro atoms. The maximum Gasteiger partial charge on any atom is 0.235 e. The van der Waals surface area contributed by atoms with Gasteiger partial charge in [-0.2, -0.15) is 0 Å². The minimum Gasteiger partial charge on any atom is -0.360 e. The highest BCUT2D eigenvalue weighted by Gasteiger charge is 2.09. The van der Waals surface area contributed by atoms with E-state index in [9.17, 15) is 4.79 Å². The van der Waals surface area contributed by atoms with Gasteiger partial charge in [0.1, 0.15) is 5.82 Å². The molecule has 0 aliphatic heterocycles. The Hall–Kier alpha value is -1.38. The summed E-state index contributed by atoms with van der Waals surface area (Å²) in [5.74, 6) is 1.12. The first-order valence-corrected chi connectivity index (χ1v) is 8.82. The fourth-order valence-corrected chi connectivity index (χ4v) is 3.06. The van der Waals surface area contributed by atoms with Crippen molar-refractivity contribution in [1.82, 2.24) is 15.2 Å². The van der Waals surface area contributed by atoms with E-state index in [0.29, 0.717) is 16.8 Å². The van der Waals surface area contributed by atoms with Crippen molar-refractivity contribution >= 4 is 51.6 Å². The molecular formula is C13H16ClN5OS2. The van der Waals surface area contributed by atoms with Gasteiger partial charge >= 0.3 is 0 Å². The van der Waals surface area contributed by atoms with Crippen LogP contribution in [0.3, 0.4) is 0 Å². The molecule has 0 aromatic carbocycles. The highest BCUT2D eigenvalue weighted by atomic mass is 35.5. The lowest BCUT2D eigenvalue weighted by atomic mass is 10.2. The van der Waals surface area contributed by atoms with Crippen LogP contribution in [0.5, 0.6) is 0 Å². The van der Waals surface area contributed by atoms with Gasteiger partial charge in [-0.05, 0) is 18.1 Å². The monoisotopic (exact) mass is 357 g/mol. The maximum atomic E-state index is 11.8. The number of nitrogens with zero attached hydrogens (tertiary/aromatic N) is 3. The van der Waals surface area contributed by atoms with Gasteiger partial charge in [0, 0.05) is 12.7 Å². The van der Waals surface area contributed by atoms with Crippen molar-refractivity contribution in [2.24, 2.45) is 5.92 Å². The molecule has 2 aromatic heterocycles. The highest BCUT2D eigenvalue weighted by molar-refractivity contribution is 8.01. The van der Waals surface area contributed by atoms with Gasteiger partial charge in [-0.3, -0.25) is 4.79 Å². The first-order chi connectivity index (χ1) is 10.5. The van der Waals surface area contributed by atoms with Crippen molar-refractivity contribution in [3.05, 3.63) is 23.4 Å². The third-order valence-corrected chi connectivity index (χ3v) is 4.63. The molecular weight excluding hydrogens is 342 g/mol. The molecule has 2 N–H and O–H groups in total. The van der Waals surface area contributed by atoms with Gasteiger partial charge in [-0.15, -0.1) is 10.2 Å². The van der Waals surface area contributed by atoms with E-state index in [0.717, 1.165) is 16.0 Å². The number of nitrogens with one attached hydrogen (secondary N) is 2. The molecule has 0 saturated carbocycles. The van der Waals surface area contributed by atoms with Crippen LogP contribution in [0, 0.1) is 5.92 Å². The minimum absolute atomic E-state index is 0.147. The third-order valence-electron chi connectivity index (χ3n) is 2.39. The smallest absolute Gasteiger partial charge is 0.235 e. The first kappa shape index (κ1) is 17.0. The van der Waals surface area contributed by atoms with Gasteiger partial charge in [0.25, 0.3) is 0 Å². The van der Waals surface area contributed by atoms with Crippen LogP contribution >= 0.6 is 34.7 Å². The second-order valence-electron chi connectivity index (χ2n) is 4.85.